The monoisotopic (exact) mass is 316 g/mol. The average molecular weight is 317 g/mol. The van der Waals surface area contributed by atoms with Crippen LogP contribution in [0.3, 0.4) is 0 Å². The van der Waals surface area contributed by atoms with Crippen LogP contribution in [-0.4, -0.2) is 9.97 Å². The van der Waals surface area contributed by atoms with E-state index in [4.69, 9.17) is 16.6 Å². The minimum absolute atomic E-state index is 0.130. The number of rotatable bonds is 1. The van der Waals surface area contributed by atoms with Crippen molar-refractivity contribution in [1.82, 2.24) is 9.97 Å². The van der Waals surface area contributed by atoms with Crippen molar-refractivity contribution in [2.75, 3.05) is 0 Å². The van der Waals surface area contributed by atoms with Crippen molar-refractivity contribution in [3.63, 3.8) is 0 Å². The van der Waals surface area contributed by atoms with Crippen LogP contribution in [0.2, 0.25) is 5.15 Å². The molecule has 0 aliphatic carbocycles. The fraction of sp³-hybridized carbons (Fsp3) is 0.294. The van der Waals surface area contributed by atoms with Crippen LogP contribution < -0.4 is 0 Å². The van der Waals surface area contributed by atoms with E-state index in [1.54, 1.807) is 11.3 Å². The van der Waals surface area contributed by atoms with Gasteiger partial charge >= 0.3 is 0 Å². The number of fused-ring (bicyclic) bond motifs is 1. The maximum Gasteiger partial charge on any atom is 0.136 e. The van der Waals surface area contributed by atoms with Crippen molar-refractivity contribution in [3.8, 4) is 11.3 Å². The van der Waals surface area contributed by atoms with E-state index in [9.17, 15) is 0 Å². The summed E-state index contributed by atoms with van der Waals surface area (Å²) in [5, 5.41) is 3.89. The number of hydrogen-bond donors (Lipinski definition) is 0. The molecule has 2 nitrogen and oxygen atoms in total. The van der Waals surface area contributed by atoms with E-state index in [-0.39, 0.29) is 5.41 Å². The Kier molecular flexibility index (Phi) is 3.50. The van der Waals surface area contributed by atoms with Gasteiger partial charge in [-0.3, -0.25) is 0 Å². The van der Waals surface area contributed by atoms with Gasteiger partial charge in [0.25, 0.3) is 0 Å². The summed E-state index contributed by atoms with van der Waals surface area (Å²) < 4.78 is 1.25. The molecule has 0 atom stereocenters. The third kappa shape index (κ3) is 2.56. The first kappa shape index (κ1) is 14.5. The molecule has 2 aromatic heterocycles. The van der Waals surface area contributed by atoms with Gasteiger partial charge in [0.15, 0.2) is 0 Å². The molecule has 108 valence electrons. The predicted molar refractivity (Wildman–Crippen MR) is 91.3 cm³/mol. The number of nitrogens with zero attached hydrogens (tertiary/aromatic N) is 2. The second-order valence-electron chi connectivity index (χ2n) is 6.21. The third-order valence-corrected chi connectivity index (χ3v) is 4.82. The number of hydrogen-bond acceptors (Lipinski definition) is 3. The van der Waals surface area contributed by atoms with Gasteiger partial charge < -0.3 is 0 Å². The molecule has 0 spiro atoms. The molecular formula is C17H17ClN2S. The highest BCUT2D eigenvalue weighted by Crippen LogP contribution is 2.35. The minimum atomic E-state index is -0.130. The van der Waals surface area contributed by atoms with Crippen molar-refractivity contribution in [1.29, 1.82) is 0 Å². The summed E-state index contributed by atoms with van der Waals surface area (Å²) >= 11 is 8.09. The smallest absolute Gasteiger partial charge is 0.136 e. The summed E-state index contributed by atoms with van der Waals surface area (Å²) in [6, 6.07) is 8.43. The number of benzene rings is 1. The van der Waals surface area contributed by atoms with Crippen LogP contribution in [0.5, 0.6) is 0 Å². The van der Waals surface area contributed by atoms with E-state index in [1.807, 2.05) is 6.92 Å². The number of halogens is 1. The summed E-state index contributed by atoms with van der Waals surface area (Å²) in [5.41, 5.74) is 2.88. The molecule has 3 aromatic rings. The molecule has 0 aliphatic heterocycles. The summed E-state index contributed by atoms with van der Waals surface area (Å²) in [5.74, 6) is 0.779. The summed E-state index contributed by atoms with van der Waals surface area (Å²) in [6.45, 7) is 8.28. The molecule has 0 radical (unpaired) electrons. The van der Waals surface area contributed by atoms with Gasteiger partial charge in [0.2, 0.25) is 0 Å². The van der Waals surface area contributed by atoms with Crippen LogP contribution in [0.4, 0.5) is 0 Å². The molecule has 0 amide bonds. The van der Waals surface area contributed by atoms with Crippen molar-refractivity contribution < 1.29 is 0 Å². The highest BCUT2D eigenvalue weighted by atomic mass is 35.5. The topological polar surface area (TPSA) is 25.8 Å². The summed E-state index contributed by atoms with van der Waals surface area (Å²) in [4.78, 5) is 9.27. The quantitative estimate of drug-likeness (QED) is 0.545. The molecule has 1 aromatic carbocycles. The first-order valence-electron chi connectivity index (χ1n) is 6.89. The summed E-state index contributed by atoms with van der Waals surface area (Å²) in [6.07, 6.45) is 0. The Labute approximate surface area is 133 Å². The van der Waals surface area contributed by atoms with Crippen molar-refractivity contribution >= 4 is 33.0 Å². The standard InChI is InChI=1S/C17H17ClN2S/c1-10-13(19-16(17(2,3)4)20-15(10)18)12-7-5-6-11-8-9-21-14(11)12/h5-9H,1-4H3. The molecule has 0 saturated carbocycles. The van der Waals surface area contributed by atoms with Gasteiger partial charge in [-0.25, -0.2) is 9.97 Å². The van der Waals surface area contributed by atoms with E-state index in [2.05, 4.69) is 55.4 Å². The minimum Gasteiger partial charge on any atom is -0.232 e. The molecular weight excluding hydrogens is 300 g/mol. The Morgan fingerprint density at radius 3 is 2.57 bits per heavy atom. The fourth-order valence-corrected chi connectivity index (χ4v) is 3.35. The van der Waals surface area contributed by atoms with Crippen LogP contribution in [-0.2, 0) is 5.41 Å². The van der Waals surface area contributed by atoms with Crippen LogP contribution in [0.15, 0.2) is 29.6 Å². The number of thiophene rings is 1. The normalized spacial score (nSPS) is 12.0. The maximum absolute atomic E-state index is 6.35. The van der Waals surface area contributed by atoms with E-state index in [0.717, 1.165) is 22.6 Å². The van der Waals surface area contributed by atoms with Gasteiger partial charge in [-0.2, -0.15) is 0 Å². The molecule has 0 aliphatic rings. The lowest BCUT2D eigenvalue weighted by molar-refractivity contribution is 0.545. The Morgan fingerprint density at radius 1 is 1.10 bits per heavy atom. The molecule has 4 heteroatoms. The van der Waals surface area contributed by atoms with Gasteiger partial charge in [0.1, 0.15) is 11.0 Å². The lowest BCUT2D eigenvalue weighted by Crippen LogP contribution is -2.17. The second-order valence-corrected chi connectivity index (χ2v) is 7.48. The molecule has 0 fully saturated rings. The van der Waals surface area contributed by atoms with E-state index < -0.39 is 0 Å². The zero-order valence-electron chi connectivity index (χ0n) is 12.6. The predicted octanol–water partition coefficient (Wildman–Crippen LogP) is 5.62. The zero-order chi connectivity index (χ0) is 15.2. The molecule has 2 heterocycles. The van der Waals surface area contributed by atoms with Gasteiger partial charge in [0, 0.05) is 21.2 Å². The number of aromatic nitrogens is 2. The van der Waals surface area contributed by atoms with Gasteiger partial charge in [-0.1, -0.05) is 50.6 Å². The third-order valence-electron chi connectivity index (χ3n) is 3.49. The van der Waals surface area contributed by atoms with Crippen LogP contribution >= 0.6 is 22.9 Å². The SMILES string of the molecule is Cc1c(Cl)nc(C(C)(C)C)nc1-c1cccc2ccsc12. The van der Waals surface area contributed by atoms with Crippen molar-refractivity contribution in [3.05, 3.63) is 46.2 Å². The molecule has 0 unspecified atom stereocenters. The highest BCUT2D eigenvalue weighted by Gasteiger charge is 2.22. The van der Waals surface area contributed by atoms with E-state index in [0.29, 0.717) is 5.15 Å². The Balaban J connectivity index is 2.32. The van der Waals surface area contributed by atoms with E-state index >= 15 is 0 Å². The first-order chi connectivity index (χ1) is 9.88. The molecule has 21 heavy (non-hydrogen) atoms. The van der Waals surface area contributed by atoms with Gasteiger partial charge in [-0.05, 0) is 23.8 Å². The lowest BCUT2D eigenvalue weighted by atomic mass is 9.95. The maximum atomic E-state index is 6.35. The van der Waals surface area contributed by atoms with Crippen LogP contribution in [0.1, 0.15) is 32.2 Å². The van der Waals surface area contributed by atoms with Gasteiger partial charge in [-0.15, -0.1) is 11.3 Å². The highest BCUT2D eigenvalue weighted by molar-refractivity contribution is 7.17. The molecule has 0 N–H and O–H groups in total. The Bertz CT molecular complexity index is 815. The van der Waals surface area contributed by atoms with Crippen LogP contribution in [0, 0.1) is 6.92 Å². The Morgan fingerprint density at radius 2 is 1.86 bits per heavy atom. The second kappa shape index (κ2) is 5.08. The van der Waals surface area contributed by atoms with Gasteiger partial charge in [0.05, 0.1) is 5.69 Å². The fourth-order valence-electron chi connectivity index (χ4n) is 2.27. The lowest BCUT2D eigenvalue weighted by Gasteiger charge is -2.19. The Hall–Kier alpha value is -1.45. The van der Waals surface area contributed by atoms with Crippen LogP contribution in [0.25, 0.3) is 21.3 Å². The van der Waals surface area contributed by atoms with E-state index in [1.165, 1.54) is 10.1 Å². The zero-order valence-corrected chi connectivity index (χ0v) is 14.1. The molecule has 3 rings (SSSR count). The molecule has 0 saturated heterocycles. The molecule has 0 bridgehead atoms. The first-order valence-corrected chi connectivity index (χ1v) is 8.15. The largest absolute Gasteiger partial charge is 0.232 e. The van der Waals surface area contributed by atoms with Crippen molar-refractivity contribution in [2.45, 2.75) is 33.1 Å². The van der Waals surface area contributed by atoms with Crippen molar-refractivity contribution in [2.24, 2.45) is 0 Å². The average Bonchev–Trinajstić information content (AvgIpc) is 2.88. The summed E-state index contributed by atoms with van der Waals surface area (Å²) in [7, 11) is 0.